The second-order valence-electron chi connectivity index (χ2n) is 7.08. The minimum atomic E-state index is -4.66. The summed E-state index contributed by atoms with van der Waals surface area (Å²) >= 11 is 0. The molecule has 1 N–H and O–H groups in total. The summed E-state index contributed by atoms with van der Waals surface area (Å²) in [4.78, 5) is 17.6. The number of piperazine rings is 1. The quantitative estimate of drug-likeness (QED) is 0.766. The zero-order valence-electron chi connectivity index (χ0n) is 15.6. The average Bonchev–Trinajstić information content (AvgIpc) is 2.59. The Kier molecular flexibility index (Phi) is 5.65. The van der Waals surface area contributed by atoms with Crippen LogP contribution in [0.15, 0.2) is 16.9 Å². The van der Waals surface area contributed by atoms with E-state index < -0.39 is 34.3 Å². The third-order valence-electron chi connectivity index (χ3n) is 5.01. The van der Waals surface area contributed by atoms with E-state index in [9.17, 15) is 26.4 Å². The van der Waals surface area contributed by atoms with Gasteiger partial charge in [0.1, 0.15) is 11.9 Å². The van der Waals surface area contributed by atoms with Crippen molar-refractivity contribution in [3.8, 4) is 0 Å². The number of aromatic nitrogens is 1. The number of rotatable bonds is 3. The van der Waals surface area contributed by atoms with Gasteiger partial charge in [-0.2, -0.15) is 17.5 Å². The molecule has 3 heterocycles. The van der Waals surface area contributed by atoms with Crippen LogP contribution in [0, 0.1) is 0 Å². The highest BCUT2D eigenvalue weighted by Crippen LogP contribution is 2.32. The monoisotopic (exact) mass is 424 g/mol. The van der Waals surface area contributed by atoms with E-state index in [2.05, 4.69) is 4.98 Å². The maximum atomic E-state index is 13.7. The second-order valence-corrected chi connectivity index (χ2v) is 9.06. The highest BCUT2D eigenvalue weighted by Gasteiger charge is 2.48. The van der Waals surface area contributed by atoms with Crippen molar-refractivity contribution >= 4 is 21.5 Å². The van der Waals surface area contributed by atoms with Crippen LogP contribution in [0.2, 0.25) is 0 Å². The van der Waals surface area contributed by atoms with E-state index in [1.165, 1.54) is 12.1 Å². The van der Waals surface area contributed by atoms with Crippen molar-refractivity contribution < 1.29 is 26.3 Å². The molecule has 8 nitrogen and oxygen atoms in total. The molecule has 2 aliphatic rings. The molecule has 0 amide bonds. The van der Waals surface area contributed by atoms with Gasteiger partial charge in [-0.3, -0.25) is 4.79 Å². The molecule has 12 heteroatoms. The number of morpholine rings is 1. The number of halogens is 3. The van der Waals surface area contributed by atoms with Crippen LogP contribution in [-0.4, -0.2) is 81.6 Å². The van der Waals surface area contributed by atoms with Crippen molar-refractivity contribution in [3.05, 3.63) is 22.5 Å². The first-order valence-corrected chi connectivity index (χ1v) is 10.7. The predicted molar refractivity (Wildman–Crippen MR) is 98.3 cm³/mol. The Hall–Kier alpha value is -1.79. The maximum Gasteiger partial charge on any atom is 0.410 e. The van der Waals surface area contributed by atoms with Crippen LogP contribution in [-0.2, 0) is 14.8 Å². The summed E-state index contributed by atoms with van der Waals surface area (Å²) in [5.74, 6) is 0.0247. The largest absolute Gasteiger partial charge is 0.410 e. The first-order valence-electron chi connectivity index (χ1n) is 8.84. The normalized spacial score (nSPS) is 25.2. The molecule has 28 heavy (non-hydrogen) atoms. The Morgan fingerprint density at radius 1 is 1.18 bits per heavy atom. The summed E-state index contributed by atoms with van der Waals surface area (Å²) in [6, 6.07) is 0.784. The minimum Gasteiger partial charge on any atom is -0.377 e. The zero-order valence-corrected chi connectivity index (χ0v) is 16.4. The highest BCUT2D eigenvalue weighted by molar-refractivity contribution is 7.88. The number of sulfonamides is 1. The van der Waals surface area contributed by atoms with Crippen LogP contribution < -0.4 is 15.4 Å². The van der Waals surface area contributed by atoms with E-state index in [0.29, 0.717) is 25.4 Å². The molecule has 2 atom stereocenters. The third kappa shape index (κ3) is 4.44. The number of nitrogens with zero attached hydrogens (tertiary/aromatic N) is 3. The van der Waals surface area contributed by atoms with Crippen molar-refractivity contribution in [3.63, 3.8) is 0 Å². The molecule has 0 aromatic carbocycles. The van der Waals surface area contributed by atoms with Gasteiger partial charge < -0.3 is 19.5 Å². The lowest BCUT2D eigenvalue weighted by molar-refractivity contribution is -0.153. The second kappa shape index (κ2) is 7.56. The number of anilines is 2. The lowest BCUT2D eigenvalue weighted by Crippen LogP contribution is -2.60. The zero-order chi connectivity index (χ0) is 20.7. The summed E-state index contributed by atoms with van der Waals surface area (Å²) in [5.41, 5.74) is -0.00123. The van der Waals surface area contributed by atoms with Gasteiger partial charge in [0.25, 0.3) is 5.56 Å². The van der Waals surface area contributed by atoms with E-state index in [1.807, 2.05) is 11.8 Å². The van der Waals surface area contributed by atoms with Crippen molar-refractivity contribution in [2.45, 2.75) is 25.2 Å². The molecule has 0 radical (unpaired) electrons. The van der Waals surface area contributed by atoms with Crippen molar-refractivity contribution in [1.82, 2.24) is 9.29 Å². The molecule has 0 bridgehead atoms. The Morgan fingerprint density at radius 2 is 1.89 bits per heavy atom. The SMILES string of the molecule is CC1COCCN1c1cc(N2CCN(S(C)(=O)=O)C[C@H]2C(F)(F)F)[nH]c(=O)c1. The average molecular weight is 424 g/mol. The lowest BCUT2D eigenvalue weighted by Gasteiger charge is -2.42. The molecule has 1 unspecified atom stereocenters. The summed E-state index contributed by atoms with van der Waals surface area (Å²) in [7, 11) is -3.75. The molecular weight excluding hydrogens is 401 g/mol. The molecular formula is C16H23F3N4O4S. The van der Waals surface area contributed by atoms with E-state index >= 15 is 0 Å². The molecule has 3 rings (SSSR count). The fourth-order valence-electron chi connectivity index (χ4n) is 3.57. The Balaban J connectivity index is 1.96. The number of ether oxygens (including phenoxy) is 1. The number of hydrogen-bond acceptors (Lipinski definition) is 6. The highest BCUT2D eigenvalue weighted by atomic mass is 32.2. The van der Waals surface area contributed by atoms with Crippen molar-refractivity contribution in [2.75, 3.05) is 55.4 Å². The Morgan fingerprint density at radius 3 is 2.50 bits per heavy atom. The number of alkyl halides is 3. The van der Waals surface area contributed by atoms with Gasteiger partial charge in [-0.15, -0.1) is 0 Å². The molecule has 2 aliphatic heterocycles. The summed E-state index contributed by atoms with van der Waals surface area (Å²) in [6.07, 6.45) is -3.78. The third-order valence-corrected chi connectivity index (χ3v) is 6.28. The Bertz CT molecular complexity index is 873. The van der Waals surface area contributed by atoms with E-state index in [-0.39, 0.29) is 24.9 Å². The molecule has 1 aromatic rings. The van der Waals surface area contributed by atoms with E-state index in [4.69, 9.17) is 4.74 Å². The van der Waals surface area contributed by atoms with Crippen molar-refractivity contribution in [1.29, 1.82) is 0 Å². The van der Waals surface area contributed by atoms with Gasteiger partial charge in [0, 0.05) is 50.0 Å². The van der Waals surface area contributed by atoms with Crippen LogP contribution in [0.5, 0.6) is 0 Å². The Labute approximate surface area is 160 Å². The fraction of sp³-hybridized carbons (Fsp3) is 0.688. The lowest BCUT2D eigenvalue weighted by atomic mass is 10.1. The summed E-state index contributed by atoms with van der Waals surface area (Å²) in [6.45, 7) is 2.35. The molecule has 1 aromatic heterocycles. The van der Waals surface area contributed by atoms with Crippen LogP contribution >= 0.6 is 0 Å². The molecule has 2 fully saturated rings. The molecule has 0 saturated carbocycles. The number of aromatic amines is 1. The molecule has 158 valence electrons. The topological polar surface area (TPSA) is 85.9 Å². The van der Waals surface area contributed by atoms with Gasteiger partial charge in [0.05, 0.1) is 19.5 Å². The number of H-pyrrole nitrogens is 1. The summed E-state index contributed by atoms with van der Waals surface area (Å²) in [5, 5.41) is 0. The maximum absolute atomic E-state index is 13.7. The van der Waals surface area contributed by atoms with Gasteiger partial charge in [0.15, 0.2) is 0 Å². The molecule has 0 spiro atoms. The van der Waals surface area contributed by atoms with Crippen LogP contribution in [0.1, 0.15) is 6.92 Å². The van der Waals surface area contributed by atoms with Gasteiger partial charge in [-0.05, 0) is 6.92 Å². The van der Waals surface area contributed by atoms with Crippen LogP contribution in [0.4, 0.5) is 24.7 Å². The summed E-state index contributed by atoms with van der Waals surface area (Å²) < 4.78 is 70.6. The smallest absolute Gasteiger partial charge is 0.377 e. The number of nitrogens with one attached hydrogen (secondary N) is 1. The van der Waals surface area contributed by atoms with Crippen molar-refractivity contribution in [2.24, 2.45) is 0 Å². The van der Waals surface area contributed by atoms with Gasteiger partial charge >= 0.3 is 6.18 Å². The van der Waals surface area contributed by atoms with Gasteiger partial charge in [-0.25, -0.2) is 8.42 Å². The minimum absolute atomic E-state index is 0.0242. The van der Waals surface area contributed by atoms with Crippen LogP contribution in [0.3, 0.4) is 0 Å². The van der Waals surface area contributed by atoms with Crippen LogP contribution in [0.25, 0.3) is 0 Å². The van der Waals surface area contributed by atoms with E-state index in [0.717, 1.165) is 15.5 Å². The number of hydrogen-bond donors (Lipinski definition) is 1. The van der Waals surface area contributed by atoms with Gasteiger partial charge in [-0.1, -0.05) is 0 Å². The first kappa shape index (κ1) is 20.9. The standard InChI is InChI=1S/C16H23F3N4O4S/c1-11-10-27-6-5-22(11)12-7-14(20-15(24)8-12)23-4-3-21(28(2,25)26)9-13(23)16(17,18)19/h7-8,11,13H,3-6,9-10H2,1-2H3,(H,20,24)/t11?,13-/m0/s1. The first-order chi connectivity index (χ1) is 13.0. The number of pyridine rings is 1. The molecule has 0 aliphatic carbocycles. The predicted octanol–water partition coefficient (Wildman–Crippen LogP) is 0.612. The fourth-order valence-corrected chi connectivity index (χ4v) is 4.40. The van der Waals surface area contributed by atoms with E-state index in [1.54, 1.807) is 0 Å². The molecule has 2 saturated heterocycles. The van der Waals surface area contributed by atoms with Gasteiger partial charge in [0.2, 0.25) is 10.0 Å².